The van der Waals surface area contributed by atoms with Crippen molar-refractivity contribution in [1.29, 1.82) is 0 Å². The first-order chi connectivity index (χ1) is 19.4. The molecule has 5 aliphatic rings. The van der Waals surface area contributed by atoms with Crippen molar-refractivity contribution in [3.63, 3.8) is 0 Å². The fourth-order valence-corrected chi connectivity index (χ4v) is 10.8. The zero-order valence-corrected chi connectivity index (χ0v) is 26.7. The van der Waals surface area contributed by atoms with Crippen LogP contribution in [0.2, 0.25) is 0 Å². The highest BCUT2D eigenvalue weighted by Gasteiger charge is 2.63. The standard InChI is InChI=1S/C35H60O6/c1-7-22(20(2)3)9-8-21(4)27-15-17-35(6)28-13-10-23-18-24(11-12-25(23)26(28)14-16-34(27,35)5)40-33-32(39)31(38)30(37)29(19-36)41-33/h10,20-22,24-33,36-39H,7-9,11-19H2,1-6H3. The van der Waals surface area contributed by atoms with Gasteiger partial charge in [0.05, 0.1) is 12.7 Å². The number of rotatable bonds is 9. The Morgan fingerprint density at radius 3 is 2.37 bits per heavy atom. The van der Waals surface area contributed by atoms with Gasteiger partial charge in [-0.1, -0.05) is 66.0 Å². The summed E-state index contributed by atoms with van der Waals surface area (Å²) in [5.74, 6) is 5.41. The summed E-state index contributed by atoms with van der Waals surface area (Å²) >= 11 is 0. The third-order valence-electron chi connectivity index (χ3n) is 13.6. The molecule has 0 spiro atoms. The predicted octanol–water partition coefficient (Wildman–Crippen LogP) is 5.85. The Hall–Kier alpha value is -0.500. The van der Waals surface area contributed by atoms with Crippen molar-refractivity contribution in [2.45, 2.75) is 149 Å². The zero-order valence-electron chi connectivity index (χ0n) is 26.7. The van der Waals surface area contributed by atoms with Crippen LogP contribution in [0.3, 0.4) is 0 Å². The lowest BCUT2D eigenvalue weighted by Crippen LogP contribution is -2.59. The molecule has 0 radical (unpaired) electrons. The highest BCUT2D eigenvalue weighted by Crippen LogP contribution is 2.71. The van der Waals surface area contributed by atoms with E-state index in [9.17, 15) is 20.4 Å². The van der Waals surface area contributed by atoms with Crippen LogP contribution in [0.25, 0.3) is 0 Å². The summed E-state index contributed by atoms with van der Waals surface area (Å²) in [6.07, 6.45) is 9.94. The van der Waals surface area contributed by atoms with Crippen molar-refractivity contribution < 1.29 is 29.9 Å². The minimum Gasteiger partial charge on any atom is -0.394 e. The second-order valence-electron chi connectivity index (χ2n) is 15.6. The number of hydrogen-bond donors (Lipinski definition) is 4. The van der Waals surface area contributed by atoms with Crippen molar-refractivity contribution in [2.24, 2.45) is 52.3 Å². The van der Waals surface area contributed by atoms with Gasteiger partial charge in [-0.15, -0.1) is 0 Å². The minimum absolute atomic E-state index is 0.0885. The Balaban J connectivity index is 1.23. The first-order valence-electron chi connectivity index (χ1n) is 17.1. The van der Waals surface area contributed by atoms with Crippen molar-refractivity contribution in [3.8, 4) is 0 Å². The topological polar surface area (TPSA) is 99.4 Å². The van der Waals surface area contributed by atoms with Crippen molar-refractivity contribution >= 4 is 0 Å². The average molecular weight is 577 g/mol. The third-order valence-corrected chi connectivity index (χ3v) is 13.6. The van der Waals surface area contributed by atoms with Crippen LogP contribution >= 0.6 is 0 Å². The van der Waals surface area contributed by atoms with Gasteiger partial charge >= 0.3 is 0 Å². The Labute approximate surface area is 249 Å². The van der Waals surface area contributed by atoms with E-state index in [1.807, 2.05) is 0 Å². The molecule has 0 amide bonds. The van der Waals surface area contributed by atoms with Crippen LogP contribution in [-0.2, 0) is 9.47 Å². The maximum Gasteiger partial charge on any atom is 0.186 e. The Kier molecular flexibility index (Phi) is 9.71. The van der Waals surface area contributed by atoms with E-state index in [0.717, 1.165) is 54.8 Å². The zero-order chi connectivity index (χ0) is 29.7. The summed E-state index contributed by atoms with van der Waals surface area (Å²) < 4.78 is 11.8. The predicted molar refractivity (Wildman–Crippen MR) is 161 cm³/mol. The molecule has 3 saturated carbocycles. The number of aliphatic hydroxyl groups is 4. The lowest BCUT2D eigenvalue weighted by molar-refractivity contribution is -0.312. The molecule has 1 saturated heterocycles. The van der Waals surface area contributed by atoms with Crippen molar-refractivity contribution in [2.75, 3.05) is 6.61 Å². The molecule has 1 heterocycles. The van der Waals surface area contributed by atoms with Crippen LogP contribution in [0, 0.1) is 52.3 Å². The molecule has 5 rings (SSSR count). The molecular formula is C35H60O6. The molecule has 0 aromatic heterocycles. The molecule has 41 heavy (non-hydrogen) atoms. The van der Waals surface area contributed by atoms with Gasteiger partial charge in [-0.25, -0.2) is 0 Å². The molecule has 14 unspecified atom stereocenters. The molecule has 14 atom stereocenters. The monoisotopic (exact) mass is 576 g/mol. The summed E-state index contributed by atoms with van der Waals surface area (Å²) in [7, 11) is 0. The highest BCUT2D eigenvalue weighted by atomic mass is 16.7. The van der Waals surface area contributed by atoms with E-state index in [1.54, 1.807) is 0 Å². The molecule has 0 aromatic carbocycles. The fraction of sp³-hybridized carbons (Fsp3) is 0.943. The Morgan fingerprint density at radius 2 is 1.68 bits per heavy atom. The van der Waals surface area contributed by atoms with Gasteiger partial charge in [0.2, 0.25) is 0 Å². The molecule has 4 aliphatic carbocycles. The van der Waals surface area contributed by atoms with Gasteiger partial charge < -0.3 is 29.9 Å². The van der Waals surface area contributed by atoms with Crippen LogP contribution in [0.1, 0.15) is 112 Å². The molecule has 6 heteroatoms. The van der Waals surface area contributed by atoms with Gasteiger partial charge in [0.1, 0.15) is 24.4 Å². The molecule has 1 aliphatic heterocycles. The highest BCUT2D eigenvalue weighted by molar-refractivity contribution is 5.22. The Morgan fingerprint density at radius 1 is 0.951 bits per heavy atom. The minimum atomic E-state index is -1.39. The smallest absolute Gasteiger partial charge is 0.186 e. The van der Waals surface area contributed by atoms with E-state index in [4.69, 9.17) is 9.47 Å². The number of ether oxygens (including phenoxy) is 2. The summed E-state index contributed by atoms with van der Waals surface area (Å²) in [5, 5.41) is 40.3. The molecule has 4 N–H and O–H groups in total. The summed E-state index contributed by atoms with van der Waals surface area (Å²) in [6, 6.07) is 0. The normalized spacial score (nSPS) is 47.7. The van der Waals surface area contributed by atoms with Crippen LogP contribution in [0.15, 0.2) is 11.6 Å². The molecule has 0 bridgehead atoms. The van der Waals surface area contributed by atoms with Gasteiger partial charge in [-0.3, -0.25) is 0 Å². The Bertz CT molecular complexity index is 918. The summed E-state index contributed by atoms with van der Waals surface area (Å²) in [4.78, 5) is 0. The summed E-state index contributed by atoms with van der Waals surface area (Å²) in [5.41, 5.74) is 2.35. The van der Waals surface area contributed by atoms with E-state index in [1.165, 1.54) is 56.9 Å². The number of allylic oxidation sites excluding steroid dienone is 1. The van der Waals surface area contributed by atoms with Crippen LogP contribution < -0.4 is 0 Å². The fourth-order valence-electron chi connectivity index (χ4n) is 10.8. The van der Waals surface area contributed by atoms with Gasteiger partial charge in [0.15, 0.2) is 6.29 Å². The van der Waals surface area contributed by atoms with Gasteiger partial charge in [-0.2, -0.15) is 0 Å². The third kappa shape index (κ3) is 5.61. The lowest BCUT2D eigenvalue weighted by Gasteiger charge is -2.60. The van der Waals surface area contributed by atoms with Crippen LogP contribution in [0.5, 0.6) is 0 Å². The number of aliphatic hydroxyl groups excluding tert-OH is 4. The quantitative estimate of drug-likeness (QED) is 0.257. The van der Waals surface area contributed by atoms with E-state index < -0.39 is 37.3 Å². The maximum absolute atomic E-state index is 10.5. The molecule has 6 nitrogen and oxygen atoms in total. The van der Waals surface area contributed by atoms with Gasteiger partial charge in [-0.05, 0) is 110 Å². The number of fused-ring (bicyclic) bond motifs is 5. The van der Waals surface area contributed by atoms with E-state index in [-0.39, 0.29) is 6.10 Å². The van der Waals surface area contributed by atoms with Gasteiger partial charge in [0.25, 0.3) is 0 Å². The molecule has 236 valence electrons. The van der Waals surface area contributed by atoms with Crippen molar-refractivity contribution in [3.05, 3.63) is 11.6 Å². The molecule has 4 fully saturated rings. The second kappa shape index (κ2) is 12.5. The largest absolute Gasteiger partial charge is 0.394 e. The first kappa shape index (κ1) is 31.9. The molecular weight excluding hydrogens is 516 g/mol. The SMILES string of the molecule is CCC(CCC(C)C1CCC2(C)C3CC=C4CC(OC5OC(CO)C(O)C(O)C5O)CCC4C3CCC12C)C(C)C. The van der Waals surface area contributed by atoms with E-state index in [2.05, 4.69) is 47.6 Å². The van der Waals surface area contributed by atoms with Crippen molar-refractivity contribution in [1.82, 2.24) is 0 Å². The van der Waals surface area contributed by atoms with Gasteiger partial charge in [0, 0.05) is 0 Å². The number of hydrogen-bond acceptors (Lipinski definition) is 6. The second-order valence-corrected chi connectivity index (χ2v) is 15.6. The van der Waals surface area contributed by atoms with Crippen LogP contribution in [-0.4, -0.2) is 63.8 Å². The first-order valence-corrected chi connectivity index (χ1v) is 17.1. The van der Waals surface area contributed by atoms with E-state index >= 15 is 0 Å². The van der Waals surface area contributed by atoms with Crippen LogP contribution in [0.4, 0.5) is 0 Å². The summed E-state index contributed by atoms with van der Waals surface area (Å²) in [6.45, 7) is 14.6. The van der Waals surface area contributed by atoms with E-state index in [0.29, 0.717) is 16.7 Å². The maximum atomic E-state index is 10.5. The lowest BCUT2D eigenvalue weighted by atomic mass is 9.45. The molecule has 0 aromatic rings. The average Bonchev–Trinajstić information content (AvgIpc) is 3.24.